The summed E-state index contributed by atoms with van der Waals surface area (Å²) in [5.74, 6) is 0.633. The quantitative estimate of drug-likeness (QED) is 0.706. The molecule has 1 nitrogen and oxygen atoms in total. The Morgan fingerprint density at radius 1 is 1.25 bits per heavy atom. The molecule has 0 saturated heterocycles. The van der Waals surface area contributed by atoms with Crippen LogP contribution in [0.15, 0.2) is 12.2 Å². The first-order chi connectivity index (χ1) is 7.37. The van der Waals surface area contributed by atoms with E-state index >= 15 is 0 Å². The second-order valence-electron chi connectivity index (χ2n) is 6.33. The van der Waals surface area contributed by atoms with E-state index in [1.54, 1.807) is 0 Å². The second kappa shape index (κ2) is 4.91. The molecule has 1 unspecified atom stereocenters. The number of rotatable bonds is 4. The summed E-state index contributed by atoms with van der Waals surface area (Å²) in [6, 6.07) is 0. The molecule has 1 N–H and O–H groups in total. The van der Waals surface area contributed by atoms with Crippen molar-refractivity contribution in [2.24, 2.45) is 11.3 Å². The Balaban J connectivity index is 2.77. The minimum absolute atomic E-state index is 0.213. The average Bonchev–Trinajstić information content (AvgIpc) is 2.28. The number of likely N-dealkylation sites (N-methyl/N-ethyl adjacent to an activating group) is 1. The Labute approximate surface area is 102 Å². The van der Waals surface area contributed by atoms with Gasteiger partial charge in [-0.3, -0.25) is 0 Å². The molecule has 0 bridgehead atoms. The van der Waals surface area contributed by atoms with Crippen molar-refractivity contribution in [3.8, 4) is 0 Å². The van der Waals surface area contributed by atoms with Crippen LogP contribution >= 0.6 is 0 Å². The number of hydrogen-bond donors (Lipinski definition) is 1. The molecule has 0 aromatic heterocycles. The molecule has 94 valence electrons. The normalized spacial score (nSPS) is 25.1. The van der Waals surface area contributed by atoms with Crippen LogP contribution in [0.1, 0.15) is 59.8 Å². The fourth-order valence-electron chi connectivity index (χ4n) is 2.80. The minimum atomic E-state index is 0.213. The van der Waals surface area contributed by atoms with E-state index in [-0.39, 0.29) is 5.54 Å². The lowest BCUT2D eigenvalue weighted by Gasteiger charge is -2.46. The molecule has 0 radical (unpaired) electrons. The lowest BCUT2D eigenvalue weighted by atomic mass is 9.65. The maximum absolute atomic E-state index is 4.38. The van der Waals surface area contributed by atoms with Crippen molar-refractivity contribution in [2.45, 2.75) is 65.3 Å². The van der Waals surface area contributed by atoms with Gasteiger partial charge in [0.05, 0.1) is 0 Å². The highest BCUT2D eigenvalue weighted by Gasteiger charge is 2.39. The third kappa shape index (κ3) is 2.68. The van der Waals surface area contributed by atoms with Crippen molar-refractivity contribution in [1.82, 2.24) is 5.32 Å². The van der Waals surface area contributed by atoms with Crippen molar-refractivity contribution >= 4 is 0 Å². The van der Waals surface area contributed by atoms with E-state index in [9.17, 15) is 0 Å². The first-order valence-corrected chi connectivity index (χ1v) is 6.75. The van der Waals surface area contributed by atoms with E-state index < -0.39 is 0 Å². The molecule has 0 heterocycles. The Morgan fingerprint density at radius 3 is 2.12 bits per heavy atom. The first-order valence-electron chi connectivity index (χ1n) is 6.75. The second-order valence-corrected chi connectivity index (χ2v) is 6.33. The molecule has 1 saturated carbocycles. The molecule has 1 aliphatic carbocycles. The number of hydrogen-bond acceptors (Lipinski definition) is 1. The van der Waals surface area contributed by atoms with Gasteiger partial charge < -0.3 is 5.32 Å². The summed E-state index contributed by atoms with van der Waals surface area (Å²) in [7, 11) is 2.10. The summed E-state index contributed by atoms with van der Waals surface area (Å²) >= 11 is 0. The lowest BCUT2D eigenvalue weighted by molar-refractivity contribution is 0.158. The Kier molecular flexibility index (Phi) is 4.23. The fourth-order valence-corrected chi connectivity index (χ4v) is 2.80. The molecule has 1 fully saturated rings. The highest BCUT2D eigenvalue weighted by atomic mass is 14.9. The summed E-state index contributed by atoms with van der Waals surface area (Å²) in [5, 5.41) is 3.57. The molecule has 1 heteroatoms. The summed E-state index contributed by atoms with van der Waals surface area (Å²) in [6.45, 7) is 13.7. The van der Waals surface area contributed by atoms with Crippen molar-refractivity contribution in [3.05, 3.63) is 12.2 Å². The standard InChI is InChI=1S/C15H29N/c1-7-12(2)13(3)15(16-6)10-8-14(4,5)9-11-15/h12,16H,3,7-11H2,1-2,4-6H3. The van der Waals surface area contributed by atoms with Crippen molar-refractivity contribution in [2.75, 3.05) is 7.05 Å². The maximum atomic E-state index is 4.38. The van der Waals surface area contributed by atoms with Crippen LogP contribution in [0.2, 0.25) is 0 Å². The first kappa shape index (κ1) is 13.8. The molecule has 1 aliphatic rings. The van der Waals surface area contributed by atoms with E-state index in [4.69, 9.17) is 0 Å². The predicted octanol–water partition coefficient (Wildman–Crippen LogP) is 4.15. The van der Waals surface area contributed by atoms with E-state index in [0.29, 0.717) is 11.3 Å². The predicted molar refractivity (Wildman–Crippen MR) is 72.6 cm³/mol. The highest BCUT2D eigenvalue weighted by Crippen LogP contribution is 2.44. The third-order valence-electron chi connectivity index (χ3n) is 4.76. The van der Waals surface area contributed by atoms with Crippen LogP contribution in [0, 0.1) is 11.3 Å². The largest absolute Gasteiger partial charge is 0.311 e. The van der Waals surface area contributed by atoms with Crippen LogP contribution in [0.3, 0.4) is 0 Å². The average molecular weight is 223 g/mol. The van der Waals surface area contributed by atoms with Gasteiger partial charge in [0.25, 0.3) is 0 Å². The van der Waals surface area contributed by atoms with Crippen LogP contribution in [0.4, 0.5) is 0 Å². The highest BCUT2D eigenvalue weighted by molar-refractivity contribution is 5.21. The zero-order chi connectivity index (χ0) is 12.4. The molecule has 0 amide bonds. The van der Waals surface area contributed by atoms with Crippen molar-refractivity contribution in [1.29, 1.82) is 0 Å². The van der Waals surface area contributed by atoms with E-state index in [0.717, 1.165) is 0 Å². The zero-order valence-corrected chi connectivity index (χ0v) is 11.8. The molecular weight excluding hydrogens is 194 g/mol. The monoisotopic (exact) mass is 223 g/mol. The number of nitrogens with one attached hydrogen (secondary N) is 1. The molecule has 16 heavy (non-hydrogen) atoms. The van der Waals surface area contributed by atoms with Gasteiger partial charge in [-0.25, -0.2) is 0 Å². The van der Waals surface area contributed by atoms with Crippen LogP contribution < -0.4 is 5.32 Å². The van der Waals surface area contributed by atoms with Gasteiger partial charge in [0, 0.05) is 5.54 Å². The third-order valence-corrected chi connectivity index (χ3v) is 4.76. The van der Waals surface area contributed by atoms with Gasteiger partial charge in [-0.2, -0.15) is 0 Å². The van der Waals surface area contributed by atoms with Gasteiger partial charge in [-0.15, -0.1) is 0 Å². The summed E-state index contributed by atoms with van der Waals surface area (Å²) in [4.78, 5) is 0. The lowest BCUT2D eigenvalue weighted by Crippen LogP contribution is -2.50. The van der Waals surface area contributed by atoms with Gasteiger partial charge in [0.15, 0.2) is 0 Å². The molecule has 0 aromatic rings. The zero-order valence-electron chi connectivity index (χ0n) is 11.8. The van der Waals surface area contributed by atoms with E-state index in [1.807, 2.05) is 0 Å². The van der Waals surface area contributed by atoms with Crippen molar-refractivity contribution in [3.63, 3.8) is 0 Å². The van der Waals surface area contributed by atoms with Gasteiger partial charge in [-0.05, 0) is 50.5 Å². The van der Waals surface area contributed by atoms with Crippen LogP contribution in [-0.2, 0) is 0 Å². The molecular formula is C15H29N. The maximum Gasteiger partial charge on any atom is 0.0391 e. The van der Waals surface area contributed by atoms with Gasteiger partial charge in [0.1, 0.15) is 0 Å². The summed E-state index contributed by atoms with van der Waals surface area (Å²) < 4.78 is 0. The van der Waals surface area contributed by atoms with E-state index in [1.165, 1.54) is 37.7 Å². The summed E-state index contributed by atoms with van der Waals surface area (Å²) in [6.07, 6.45) is 6.32. The Morgan fingerprint density at radius 2 is 1.75 bits per heavy atom. The molecule has 1 atom stereocenters. The Hall–Kier alpha value is -0.300. The van der Waals surface area contributed by atoms with Crippen LogP contribution in [-0.4, -0.2) is 12.6 Å². The molecule has 0 aromatic carbocycles. The van der Waals surface area contributed by atoms with Crippen LogP contribution in [0.25, 0.3) is 0 Å². The molecule has 0 aliphatic heterocycles. The minimum Gasteiger partial charge on any atom is -0.311 e. The van der Waals surface area contributed by atoms with Gasteiger partial charge in [-0.1, -0.05) is 39.8 Å². The molecule has 1 rings (SSSR count). The van der Waals surface area contributed by atoms with Gasteiger partial charge in [0.2, 0.25) is 0 Å². The van der Waals surface area contributed by atoms with Crippen molar-refractivity contribution < 1.29 is 0 Å². The van der Waals surface area contributed by atoms with Crippen LogP contribution in [0.5, 0.6) is 0 Å². The summed E-state index contributed by atoms with van der Waals surface area (Å²) in [5.41, 5.74) is 2.16. The smallest absolute Gasteiger partial charge is 0.0391 e. The van der Waals surface area contributed by atoms with E-state index in [2.05, 4.69) is 46.6 Å². The Bertz CT molecular complexity index is 242. The fraction of sp³-hybridized carbons (Fsp3) is 0.867. The SMILES string of the molecule is C=C(C(C)CC)C1(NC)CCC(C)(C)CC1. The molecule has 0 spiro atoms. The van der Waals surface area contributed by atoms with Gasteiger partial charge >= 0.3 is 0 Å². The topological polar surface area (TPSA) is 12.0 Å².